The Morgan fingerprint density at radius 2 is 2.10 bits per heavy atom. The first-order valence-electron chi connectivity index (χ1n) is 9.15. The van der Waals surface area contributed by atoms with Crippen LogP contribution in [0.25, 0.3) is 21.5 Å². The molecule has 0 radical (unpaired) electrons. The number of anilines is 1. The van der Waals surface area contributed by atoms with Crippen LogP contribution in [0, 0.1) is 0 Å². The molecule has 148 valence electrons. The summed E-state index contributed by atoms with van der Waals surface area (Å²) in [6.07, 6.45) is 3.07. The summed E-state index contributed by atoms with van der Waals surface area (Å²) in [5, 5.41) is 9.57. The molecule has 0 bridgehead atoms. The Bertz CT molecular complexity index is 1150. The lowest BCUT2D eigenvalue weighted by atomic mass is 10.2. The molecular formula is C21H20N4O3S. The topological polar surface area (TPSA) is 78.3 Å². The zero-order valence-electron chi connectivity index (χ0n) is 16.1. The fourth-order valence-electron chi connectivity index (χ4n) is 2.94. The Morgan fingerprint density at radius 1 is 1.24 bits per heavy atom. The molecule has 1 amide bonds. The second-order valence-corrected chi connectivity index (χ2v) is 7.34. The predicted molar refractivity (Wildman–Crippen MR) is 113 cm³/mol. The molecular weight excluding hydrogens is 388 g/mol. The number of hydrogen-bond donors (Lipinski definition) is 1. The number of aromatic nitrogens is 3. The third kappa shape index (κ3) is 4.22. The summed E-state index contributed by atoms with van der Waals surface area (Å²) in [6, 6.07) is 13.4. The molecule has 0 atom stereocenters. The van der Waals surface area contributed by atoms with E-state index in [0.29, 0.717) is 5.00 Å². The minimum Gasteiger partial charge on any atom is -0.496 e. The van der Waals surface area contributed by atoms with Crippen molar-refractivity contribution in [1.82, 2.24) is 14.8 Å². The Labute approximate surface area is 171 Å². The lowest BCUT2D eigenvalue weighted by Gasteiger charge is -2.06. The van der Waals surface area contributed by atoms with Crippen LogP contribution in [0.1, 0.15) is 12.5 Å². The fraction of sp³-hybridized carbons (Fsp3) is 0.190. The molecule has 4 aromatic rings. The van der Waals surface area contributed by atoms with Crippen LogP contribution in [0.15, 0.2) is 54.9 Å². The van der Waals surface area contributed by atoms with E-state index in [1.54, 1.807) is 13.3 Å². The minimum absolute atomic E-state index is 0.178. The zero-order valence-corrected chi connectivity index (χ0v) is 16.9. The van der Waals surface area contributed by atoms with Crippen molar-refractivity contribution < 1.29 is 14.3 Å². The van der Waals surface area contributed by atoms with E-state index >= 15 is 0 Å². The Kier molecular flexibility index (Phi) is 5.44. The van der Waals surface area contributed by atoms with Crippen LogP contribution in [0.4, 0.5) is 9.80 Å². The van der Waals surface area contributed by atoms with Crippen molar-refractivity contribution in [2.45, 2.75) is 20.1 Å². The van der Waals surface area contributed by atoms with Gasteiger partial charge in [-0.3, -0.25) is 10.00 Å². The van der Waals surface area contributed by atoms with E-state index in [2.05, 4.69) is 15.4 Å². The first-order valence-corrected chi connectivity index (χ1v) is 9.97. The number of methoxy groups -OCH3 is 1. The Balaban J connectivity index is 1.38. The molecule has 0 saturated heterocycles. The first kappa shape index (κ1) is 18.9. The first-order chi connectivity index (χ1) is 14.2. The molecule has 29 heavy (non-hydrogen) atoms. The van der Waals surface area contributed by atoms with Crippen molar-refractivity contribution >= 4 is 33.3 Å². The highest BCUT2D eigenvalue weighted by Crippen LogP contribution is 2.34. The molecule has 4 rings (SSSR count). The van der Waals surface area contributed by atoms with Crippen molar-refractivity contribution in [1.29, 1.82) is 0 Å². The molecule has 8 heteroatoms. The average Bonchev–Trinajstić information content (AvgIpc) is 3.38. The quantitative estimate of drug-likeness (QED) is 0.489. The van der Waals surface area contributed by atoms with Gasteiger partial charge in [-0.25, -0.2) is 9.78 Å². The third-order valence-electron chi connectivity index (χ3n) is 4.38. The molecule has 2 aromatic carbocycles. The molecule has 0 aliphatic rings. The molecule has 0 spiro atoms. The van der Waals surface area contributed by atoms with Gasteiger partial charge in [0, 0.05) is 18.1 Å². The van der Waals surface area contributed by atoms with Gasteiger partial charge in [-0.15, -0.1) is 0 Å². The number of benzene rings is 2. The molecule has 7 nitrogen and oxygen atoms in total. The third-order valence-corrected chi connectivity index (χ3v) is 5.32. The maximum Gasteiger partial charge on any atom is 0.412 e. The number of carbonyl (C=O) groups is 1. The molecule has 0 fully saturated rings. The van der Waals surface area contributed by atoms with Gasteiger partial charge in [-0.2, -0.15) is 5.10 Å². The van der Waals surface area contributed by atoms with E-state index in [-0.39, 0.29) is 6.61 Å². The summed E-state index contributed by atoms with van der Waals surface area (Å²) in [6.45, 7) is 3.03. The Morgan fingerprint density at radius 3 is 2.93 bits per heavy atom. The monoisotopic (exact) mass is 408 g/mol. The Hall–Kier alpha value is -3.39. The number of fused-ring (bicyclic) bond motifs is 1. The number of rotatable bonds is 6. The van der Waals surface area contributed by atoms with Gasteiger partial charge in [0.25, 0.3) is 0 Å². The summed E-state index contributed by atoms with van der Waals surface area (Å²) >= 11 is 1.36. The van der Waals surface area contributed by atoms with E-state index in [4.69, 9.17) is 9.47 Å². The van der Waals surface area contributed by atoms with Gasteiger partial charge in [0.1, 0.15) is 22.4 Å². The number of nitrogens with zero attached hydrogens (tertiary/aromatic N) is 3. The summed E-state index contributed by atoms with van der Waals surface area (Å²) in [7, 11) is 1.62. The van der Waals surface area contributed by atoms with Crippen molar-refractivity contribution in [3.8, 4) is 16.3 Å². The van der Waals surface area contributed by atoms with Gasteiger partial charge in [0.15, 0.2) is 0 Å². The van der Waals surface area contributed by atoms with Gasteiger partial charge in [-0.1, -0.05) is 29.5 Å². The molecule has 0 saturated carbocycles. The molecule has 2 heterocycles. The average molecular weight is 408 g/mol. The van der Waals surface area contributed by atoms with E-state index in [0.717, 1.165) is 39.3 Å². The highest BCUT2D eigenvalue weighted by atomic mass is 32.1. The second kappa shape index (κ2) is 8.32. The standard InChI is InChI=1S/C21H20N4O3S/c1-3-25-12-15-10-14(8-9-17(15)24-25)13-28-21(26)23-19-11-22-20(29-19)16-6-4-5-7-18(16)27-2/h4-12H,3,13H2,1-2H3,(H,23,26). The van der Waals surface area contributed by atoms with Crippen molar-refractivity contribution in [2.75, 3.05) is 12.4 Å². The van der Waals surface area contributed by atoms with Crippen molar-refractivity contribution in [2.24, 2.45) is 0 Å². The van der Waals surface area contributed by atoms with Crippen LogP contribution in [-0.4, -0.2) is 28.0 Å². The van der Waals surface area contributed by atoms with Gasteiger partial charge < -0.3 is 9.47 Å². The van der Waals surface area contributed by atoms with E-state index < -0.39 is 6.09 Å². The van der Waals surface area contributed by atoms with Crippen LogP contribution >= 0.6 is 11.3 Å². The number of carbonyl (C=O) groups excluding carboxylic acids is 1. The number of aryl methyl sites for hydroxylation is 1. The molecule has 1 N–H and O–H groups in total. The number of hydrogen-bond acceptors (Lipinski definition) is 6. The maximum atomic E-state index is 12.2. The van der Waals surface area contributed by atoms with Crippen molar-refractivity contribution in [3.05, 3.63) is 60.4 Å². The summed E-state index contributed by atoms with van der Waals surface area (Å²) < 4.78 is 12.6. The van der Waals surface area contributed by atoms with Gasteiger partial charge >= 0.3 is 6.09 Å². The molecule has 0 aliphatic heterocycles. The predicted octanol–water partition coefficient (Wildman–Crippen LogP) is 4.94. The van der Waals surface area contributed by atoms with Crippen LogP contribution < -0.4 is 10.1 Å². The van der Waals surface area contributed by atoms with Gasteiger partial charge in [0.2, 0.25) is 0 Å². The van der Waals surface area contributed by atoms with Crippen LogP contribution in [0.2, 0.25) is 0 Å². The highest BCUT2D eigenvalue weighted by molar-refractivity contribution is 7.19. The number of para-hydroxylation sites is 1. The van der Waals surface area contributed by atoms with Crippen molar-refractivity contribution in [3.63, 3.8) is 0 Å². The summed E-state index contributed by atoms with van der Waals surface area (Å²) in [5.41, 5.74) is 2.71. The minimum atomic E-state index is -0.524. The number of thiazole rings is 1. The van der Waals surface area contributed by atoms with E-state index in [1.807, 2.05) is 60.3 Å². The highest BCUT2D eigenvalue weighted by Gasteiger charge is 2.12. The normalized spacial score (nSPS) is 10.8. The largest absolute Gasteiger partial charge is 0.496 e. The fourth-order valence-corrected chi connectivity index (χ4v) is 3.77. The van der Waals surface area contributed by atoms with Gasteiger partial charge in [0.05, 0.1) is 24.4 Å². The summed E-state index contributed by atoms with van der Waals surface area (Å²) in [4.78, 5) is 16.5. The maximum absolute atomic E-state index is 12.2. The number of nitrogens with one attached hydrogen (secondary N) is 1. The van der Waals surface area contributed by atoms with Crippen LogP contribution in [-0.2, 0) is 17.9 Å². The molecule has 0 unspecified atom stereocenters. The van der Waals surface area contributed by atoms with Crippen LogP contribution in [0.5, 0.6) is 5.75 Å². The number of ether oxygens (including phenoxy) is 2. The smallest absolute Gasteiger partial charge is 0.412 e. The lowest BCUT2D eigenvalue weighted by molar-refractivity contribution is 0.155. The van der Waals surface area contributed by atoms with Crippen LogP contribution in [0.3, 0.4) is 0 Å². The SMILES string of the molecule is CCn1cc2cc(COC(=O)Nc3cnc(-c4ccccc4OC)s3)ccc2n1. The lowest BCUT2D eigenvalue weighted by Crippen LogP contribution is -2.12. The summed E-state index contributed by atoms with van der Waals surface area (Å²) in [5.74, 6) is 0.734. The van der Waals surface area contributed by atoms with E-state index in [1.165, 1.54) is 11.3 Å². The molecule has 0 aliphatic carbocycles. The second-order valence-electron chi connectivity index (χ2n) is 6.31. The molecule has 2 aromatic heterocycles. The van der Waals surface area contributed by atoms with E-state index in [9.17, 15) is 4.79 Å². The van der Waals surface area contributed by atoms with Gasteiger partial charge in [-0.05, 0) is 36.8 Å². The zero-order chi connectivity index (χ0) is 20.2. The number of amides is 1.